The summed E-state index contributed by atoms with van der Waals surface area (Å²) in [6.45, 7) is 3.42. The zero-order valence-electron chi connectivity index (χ0n) is 16.8. The Morgan fingerprint density at radius 1 is 0.969 bits per heavy atom. The van der Waals surface area contributed by atoms with Crippen molar-refractivity contribution in [1.82, 2.24) is 9.97 Å². The van der Waals surface area contributed by atoms with Crippen LogP contribution in [0.4, 0.5) is 24.8 Å². The van der Waals surface area contributed by atoms with Crippen LogP contribution in [0.25, 0.3) is 0 Å². The number of nitrogens with one attached hydrogen (secondary N) is 2. The first kappa shape index (κ1) is 23.5. The van der Waals surface area contributed by atoms with Crippen LogP contribution in [-0.4, -0.2) is 24.3 Å². The summed E-state index contributed by atoms with van der Waals surface area (Å²) in [5.74, 6) is -0.365. The van der Waals surface area contributed by atoms with Crippen molar-refractivity contribution in [2.45, 2.75) is 24.9 Å². The summed E-state index contributed by atoms with van der Waals surface area (Å²) in [4.78, 5) is 8.14. The normalized spacial score (nSPS) is 12.5. The first-order chi connectivity index (χ1) is 14.9. The van der Waals surface area contributed by atoms with E-state index in [-0.39, 0.29) is 22.5 Å². The minimum absolute atomic E-state index is 0.0204. The van der Waals surface area contributed by atoms with E-state index in [1.54, 1.807) is 19.9 Å². The molecule has 168 valence electrons. The number of hydrogen-bond acceptors (Lipinski definition) is 4. The Morgan fingerprint density at radius 3 is 2.19 bits per heavy atom. The molecule has 0 amide bonds. The molecule has 0 radical (unpaired) electrons. The lowest BCUT2D eigenvalue weighted by Gasteiger charge is -2.14. The Labute approximate surface area is 187 Å². The van der Waals surface area contributed by atoms with Gasteiger partial charge in [0.25, 0.3) is 10.0 Å². The summed E-state index contributed by atoms with van der Waals surface area (Å²) in [5, 5.41) is 5.54. The SMILES string of the molecule is Cc1cc(C)nc(N/C(=N\S(=O)(=O)c2ccc(Cl)cc2)Nc2cccc(C(F)(F)F)c2)n1. The second kappa shape index (κ2) is 9.13. The minimum Gasteiger partial charge on any atom is -0.325 e. The lowest BCUT2D eigenvalue weighted by Crippen LogP contribution is -2.25. The molecule has 0 saturated carbocycles. The van der Waals surface area contributed by atoms with Crippen LogP contribution in [0, 0.1) is 13.8 Å². The third kappa shape index (κ3) is 6.17. The molecule has 2 aromatic carbocycles. The molecule has 0 spiro atoms. The minimum atomic E-state index is -4.57. The lowest BCUT2D eigenvalue weighted by molar-refractivity contribution is -0.137. The molecule has 0 unspecified atom stereocenters. The number of benzene rings is 2. The van der Waals surface area contributed by atoms with Crippen LogP contribution >= 0.6 is 11.6 Å². The van der Waals surface area contributed by atoms with Crippen molar-refractivity contribution in [2.24, 2.45) is 4.40 Å². The molecule has 32 heavy (non-hydrogen) atoms. The first-order valence-corrected chi connectivity index (χ1v) is 10.9. The van der Waals surface area contributed by atoms with Crippen molar-refractivity contribution in [3.05, 3.63) is 76.6 Å². The Hall–Kier alpha value is -3.18. The van der Waals surface area contributed by atoms with Gasteiger partial charge in [0.05, 0.1) is 10.5 Å². The van der Waals surface area contributed by atoms with E-state index in [0.717, 1.165) is 12.1 Å². The van der Waals surface area contributed by atoms with Crippen LogP contribution in [0.5, 0.6) is 0 Å². The maximum absolute atomic E-state index is 13.1. The third-order valence-corrected chi connectivity index (χ3v) is 5.53. The van der Waals surface area contributed by atoms with E-state index in [1.807, 2.05) is 0 Å². The molecule has 0 saturated heterocycles. The Kier molecular flexibility index (Phi) is 6.70. The predicted octanol–water partition coefficient (Wildman–Crippen LogP) is 5.03. The summed E-state index contributed by atoms with van der Waals surface area (Å²) in [6, 6.07) is 11.2. The molecule has 1 heterocycles. The van der Waals surface area contributed by atoms with Crippen LogP contribution in [0.3, 0.4) is 0 Å². The third-order valence-electron chi connectivity index (χ3n) is 3.99. The number of aromatic nitrogens is 2. The highest BCUT2D eigenvalue weighted by atomic mass is 35.5. The maximum atomic E-state index is 13.1. The molecule has 0 aliphatic rings. The Balaban J connectivity index is 2.03. The van der Waals surface area contributed by atoms with Crippen molar-refractivity contribution >= 4 is 39.2 Å². The maximum Gasteiger partial charge on any atom is 0.416 e. The van der Waals surface area contributed by atoms with Crippen LogP contribution < -0.4 is 10.6 Å². The quantitative estimate of drug-likeness (QED) is 0.399. The van der Waals surface area contributed by atoms with Crippen molar-refractivity contribution in [3.63, 3.8) is 0 Å². The molecule has 3 aromatic rings. The molecule has 1 aromatic heterocycles. The van der Waals surface area contributed by atoms with Gasteiger partial charge in [-0.25, -0.2) is 9.97 Å². The summed E-state index contributed by atoms with van der Waals surface area (Å²) in [6.07, 6.45) is -4.57. The monoisotopic (exact) mass is 483 g/mol. The van der Waals surface area contributed by atoms with E-state index in [9.17, 15) is 21.6 Å². The van der Waals surface area contributed by atoms with E-state index in [0.29, 0.717) is 16.4 Å². The van der Waals surface area contributed by atoms with Gasteiger partial charge < -0.3 is 5.32 Å². The van der Waals surface area contributed by atoms with Gasteiger partial charge in [-0.1, -0.05) is 17.7 Å². The van der Waals surface area contributed by atoms with E-state index >= 15 is 0 Å². The number of alkyl halides is 3. The molecule has 0 bridgehead atoms. The second-order valence-corrected chi connectivity index (χ2v) is 8.71. The van der Waals surface area contributed by atoms with E-state index < -0.39 is 21.8 Å². The van der Waals surface area contributed by atoms with Gasteiger partial charge in [0.2, 0.25) is 11.9 Å². The summed E-state index contributed by atoms with van der Waals surface area (Å²) in [5.41, 5.74) is 0.241. The highest BCUT2D eigenvalue weighted by Crippen LogP contribution is 2.30. The molecule has 7 nitrogen and oxygen atoms in total. The van der Waals surface area contributed by atoms with Gasteiger partial charge in [-0.3, -0.25) is 5.32 Å². The largest absolute Gasteiger partial charge is 0.416 e. The summed E-state index contributed by atoms with van der Waals surface area (Å²) >= 11 is 5.80. The molecular formula is C20H17ClF3N5O2S. The van der Waals surface area contributed by atoms with Gasteiger partial charge in [-0.15, -0.1) is 4.40 Å². The number of hydrogen-bond donors (Lipinski definition) is 2. The van der Waals surface area contributed by atoms with Crippen LogP contribution in [0.15, 0.2) is 63.9 Å². The standard InChI is InChI=1S/C20H17ClF3N5O2S/c1-12-10-13(2)26-18(25-12)28-19(27-16-5-3-4-14(11-16)20(22,23)24)29-32(30,31)17-8-6-15(21)7-9-17/h3-11H,1-2H3,(H2,25,26,27,28,29). The first-order valence-electron chi connectivity index (χ1n) is 9.06. The van der Waals surface area contributed by atoms with Crippen LogP contribution in [-0.2, 0) is 16.2 Å². The van der Waals surface area contributed by atoms with E-state index in [4.69, 9.17) is 11.6 Å². The number of sulfonamides is 1. The second-order valence-electron chi connectivity index (χ2n) is 6.67. The summed E-state index contributed by atoms with van der Waals surface area (Å²) in [7, 11) is -4.25. The van der Waals surface area contributed by atoms with Crippen molar-refractivity contribution < 1.29 is 21.6 Å². The molecule has 3 rings (SSSR count). The molecule has 0 fully saturated rings. The van der Waals surface area contributed by atoms with Gasteiger partial charge in [0.1, 0.15) is 0 Å². The van der Waals surface area contributed by atoms with Gasteiger partial charge >= 0.3 is 6.18 Å². The number of halogens is 4. The average Bonchev–Trinajstić information content (AvgIpc) is 2.66. The Bertz CT molecular complexity index is 1240. The smallest absolute Gasteiger partial charge is 0.325 e. The molecule has 0 atom stereocenters. The van der Waals surface area contributed by atoms with Crippen molar-refractivity contribution in [1.29, 1.82) is 0 Å². The fourth-order valence-corrected chi connectivity index (χ4v) is 3.70. The topological polar surface area (TPSA) is 96.3 Å². The number of nitrogens with zero attached hydrogens (tertiary/aromatic N) is 3. The fourth-order valence-electron chi connectivity index (χ4n) is 2.65. The zero-order chi connectivity index (χ0) is 23.5. The molecule has 2 N–H and O–H groups in total. The van der Waals surface area contributed by atoms with E-state index in [1.165, 1.54) is 36.4 Å². The van der Waals surface area contributed by atoms with Crippen molar-refractivity contribution in [3.8, 4) is 0 Å². The zero-order valence-corrected chi connectivity index (χ0v) is 18.3. The van der Waals surface area contributed by atoms with E-state index in [2.05, 4.69) is 25.0 Å². The van der Waals surface area contributed by atoms with Gasteiger partial charge in [-0.2, -0.15) is 21.6 Å². The highest BCUT2D eigenvalue weighted by molar-refractivity contribution is 7.90. The van der Waals surface area contributed by atoms with Crippen LogP contribution in [0.2, 0.25) is 5.02 Å². The number of rotatable bonds is 4. The lowest BCUT2D eigenvalue weighted by atomic mass is 10.2. The van der Waals surface area contributed by atoms with Gasteiger partial charge in [0, 0.05) is 22.1 Å². The summed E-state index contributed by atoms with van der Waals surface area (Å²) < 4.78 is 68.4. The number of guanidine groups is 1. The van der Waals surface area contributed by atoms with Crippen molar-refractivity contribution in [2.75, 3.05) is 10.6 Å². The Morgan fingerprint density at radius 2 is 1.59 bits per heavy atom. The molecule has 0 aliphatic heterocycles. The molecule has 12 heteroatoms. The molecular weight excluding hydrogens is 467 g/mol. The highest BCUT2D eigenvalue weighted by Gasteiger charge is 2.30. The number of anilines is 2. The van der Waals surface area contributed by atoms with Gasteiger partial charge in [0.15, 0.2) is 0 Å². The average molecular weight is 484 g/mol. The number of aryl methyl sites for hydroxylation is 2. The predicted molar refractivity (Wildman–Crippen MR) is 116 cm³/mol. The fraction of sp³-hybridized carbons (Fsp3) is 0.150. The van der Waals surface area contributed by atoms with Gasteiger partial charge in [-0.05, 0) is 62.4 Å². The molecule has 0 aliphatic carbocycles. The van der Waals surface area contributed by atoms with Crippen LogP contribution in [0.1, 0.15) is 17.0 Å².